The van der Waals surface area contributed by atoms with Crippen molar-refractivity contribution in [3.05, 3.63) is 47.7 Å². The minimum absolute atomic E-state index is 0. The van der Waals surface area contributed by atoms with Crippen molar-refractivity contribution in [1.29, 1.82) is 0 Å². The highest BCUT2D eigenvalue weighted by molar-refractivity contribution is 6.08. The molecule has 2 atom stereocenters. The molecule has 3 aromatic rings. The van der Waals surface area contributed by atoms with Gasteiger partial charge in [0, 0.05) is 29.4 Å². The van der Waals surface area contributed by atoms with E-state index in [1.807, 2.05) is 24.0 Å². The van der Waals surface area contributed by atoms with Crippen LogP contribution in [0.3, 0.4) is 0 Å². The van der Waals surface area contributed by atoms with Crippen LogP contribution in [0.2, 0.25) is 0 Å². The molecular formula is C22H25ClN2O2. The van der Waals surface area contributed by atoms with Gasteiger partial charge in [0.05, 0.1) is 0 Å². The fourth-order valence-electron chi connectivity index (χ4n) is 4.72. The van der Waals surface area contributed by atoms with Crippen LogP contribution in [-0.2, 0) is 0 Å². The predicted octanol–water partition coefficient (Wildman–Crippen LogP) is 4.39. The highest BCUT2D eigenvalue weighted by Gasteiger charge is 2.33. The van der Waals surface area contributed by atoms with Crippen LogP contribution < -0.4 is 5.32 Å². The van der Waals surface area contributed by atoms with Gasteiger partial charge in [-0.05, 0) is 50.1 Å². The van der Waals surface area contributed by atoms with E-state index in [0.717, 1.165) is 66.3 Å². The molecule has 0 unspecified atom stereocenters. The van der Waals surface area contributed by atoms with Crippen molar-refractivity contribution in [3.63, 3.8) is 0 Å². The number of furan rings is 1. The number of amides is 1. The Bertz CT molecular complexity index is 983. The quantitative estimate of drug-likeness (QED) is 0.676. The SMILES string of the molecule is Cc1c(C(=O)N2CC[C@@H]3CNC[C@@H]3CC2)oc2c1ccc1ccccc12.Cl. The molecule has 1 N–H and O–H groups in total. The van der Waals surface area contributed by atoms with Crippen LogP contribution >= 0.6 is 12.4 Å². The molecule has 2 aliphatic rings. The number of benzene rings is 2. The number of rotatable bonds is 1. The molecule has 2 aromatic carbocycles. The van der Waals surface area contributed by atoms with E-state index in [1.54, 1.807) is 0 Å². The number of fused-ring (bicyclic) bond motifs is 4. The van der Waals surface area contributed by atoms with Crippen LogP contribution in [0.25, 0.3) is 21.7 Å². The lowest BCUT2D eigenvalue weighted by molar-refractivity contribution is 0.0728. The first kappa shape index (κ1) is 18.3. The molecule has 3 heterocycles. The third kappa shape index (κ3) is 3.01. The molecule has 2 saturated heterocycles. The summed E-state index contributed by atoms with van der Waals surface area (Å²) in [6.07, 6.45) is 2.18. The Morgan fingerprint density at radius 1 is 1.04 bits per heavy atom. The molecule has 0 bridgehead atoms. The maximum Gasteiger partial charge on any atom is 0.289 e. The van der Waals surface area contributed by atoms with Gasteiger partial charge in [-0.2, -0.15) is 0 Å². The van der Waals surface area contributed by atoms with E-state index in [1.165, 1.54) is 0 Å². The maximum atomic E-state index is 13.2. The number of aryl methyl sites for hydroxylation is 1. The van der Waals surface area contributed by atoms with Gasteiger partial charge in [-0.15, -0.1) is 12.4 Å². The summed E-state index contributed by atoms with van der Waals surface area (Å²) in [4.78, 5) is 15.2. The fraction of sp³-hybridized carbons (Fsp3) is 0.409. The lowest BCUT2D eigenvalue weighted by Gasteiger charge is -2.20. The summed E-state index contributed by atoms with van der Waals surface area (Å²) in [6, 6.07) is 12.4. The smallest absolute Gasteiger partial charge is 0.289 e. The summed E-state index contributed by atoms with van der Waals surface area (Å²) in [6.45, 7) is 5.87. The molecule has 27 heavy (non-hydrogen) atoms. The molecule has 5 rings (SSSR count). The largest absolute Gasteiger partial charge is 0.450 e. The zero-order valence-electron chi connectivity index (χ0n) is 15.5. The Hall–Kier alpha value is -2.04. The van der Waals surface area contributed by atoms with E-state index in [4.69, 9.17) is 4.42 Å². The van der Waals surface area contributed by atoms with Gasteiger partial charge >= 0.3 is 0 Å². The second-order valence-corrected chi connectivity index (χ2v) is 7.77. The highest BCUT2D eigenvalue weighted by atomic mass is 35.5. The Morgan fingerprint density at radius 3 is 2.48 bits per heavy atom. The van der Waals surface area contributed by atoms with E-state index in [0.29, 0.717) is 17.6 Å². The number of carbonyl (C=O) groups excluding carboxylic acids is 1. The standard InChI is InChI=1S/C22H24N2O2.ClH/c1-14-18-7-6-15-4-2-3-5-19(15)21(18)26-20(14)22(25)24-10-8-16-12-23-13-17(16)9-11-24;/h2-7,16-17,23H,8-13H2,1H3;1H/t16-,17+;. The van der Waals surface area contributed by atoms with E-state index in [2.05, 4.69) is 29.6 Å². The minimum atomic E-state index is 0. The van der Waals surface area contributed by atoms with Gasteiger partial charge in [0.2, 0.25) is 0 Å². The van der Waals surface area contributed by atoms with E-state index in [-0.39, 0.29) is 18.3 Å². The fourth-order valence-corrected chi connectivity index (χ4v) is 4.72. The first-order chi connectivity index (χ1) is 12.7. The van der Waals surface area contributed by atoms with E-state index < -0.39 is 0 Å². The summed E-state index contributed by atoms with van der Waals surface area (Å²) in [5, 5.41) is 6.75. The molecule has 1 amide bonds. The third-order valence-electron chi connectivity index (χ3n) is 6.33. The molecule has 2 aliphatic heterocycles. The summed E-state index contributed by atoms with van der Waals surface area (Å²) >= 11 is 0. The molecule has 5 heteroatoms. The van der Waals surface area contributed by atoms with Crippen molar-refractivity contribution >= 4 is 40.1 Å². The van der Waals surface area contributed by atoms with Crippen molar-refractivity contribution in [2.45, 2.75) is 19.8 Å². The molecule has 1 aromatic heterocycles. The number of hydrogen-bond acceptors (Lipinski definition) is 3. The summed E-state index contributed by atoms with van der Waals surface area (Å²) in [7, 11) is 0. The molecule has 2 fully saturated rings. The first-order valence-electron chi connectivity index (χ1n) is 9.63. The van der Waals surface area contributed by atoms with Gasteiger partial charge in [-0.25, -0.2) is 0 Å². The average Bonchev–Trinajstić information content (AvgIpc) is 3.20. The molecule has 4 nitrogen and oxygen atoms in total. The van der Waals surface area contributed by atoms with Crippen LogP contribution in [0.1, 0.15) is 29.0 Å². The average molecular weight is 385 g/mol. The van der Waals surface area contributed by atoms with Gasteiger partial charge in [0.15, 0.2) is 5.76 Å². The predicted molar refractivity (Wildman–Crippen MR) is 111 cm³/mol. The van der Waals surface area contributed by atoms with Crippen molar-refractivity contribution in [1.82, 2.24) is 10.2 Å². The minimum Gasteiger partial charge on any atom is -0.450 e. The Labute approximate surface area is 165 Å². The van der Waals surface area contributed by atoms with Gasteiger partial charge in [0.25, 0.3) is 5.91 Å². The molecular weight excluding hydrogens is 360 g/mol. The Morgan fingerprint density at radius 2 is 1.74 bits per heavy atom. The second-order valence-electron chi connectivity index (χ2n) is 7.77. The van der Waals surface area contributed by atoms with Crippen molar-refractivity contribution in [2.75, 3.05) is 26.2 Å². The zero-order chi connectivity index (χ0) is 17.7. The number of likely N-dealkylation sites (tertiary alicyclic amines) is 1. The maximum absolute atomic E-state index is 13.2. The summed E-state index contributed by atoms with van der Waals surface area (Å²) in [5.41, 5.74) is 1.79. The normalized spacial score (nSPS) is 22.5. The van der Waals surface area contributed by atoms with Crippen LogP contribution in [0.5, 0.6) is 0 Å². The second kappa shape index (κ2) is 7.17. The monoisotopic (exact) mass is 384 g/mol. The topological polar surface area (TPSA) is 45.5 Å². The van der Waals surface area contributed by atoms with Crippen LogP contribution in [-0.4, -0.2) is 37.0 Å². The van der Waals surface area contributed by atoms with E-state index >= 15 is 0 Å². The molecule has 0 saturated carbocycles. The lowest BCUT2D eigenvalue weighted by atomic mass is 9.92. The molecule has 142 valence electrons. The van der Waals surface area contributed by atoms with Crippen molar-refractivity contribution in [2.24, 2.45) is 11.8 Å². The van der Waals surface area contributed by atoms with Gasteiger partial charge < -0.3 is 14.6 Å². The molecule has 0 radical (unpaired) electrons. The molecule has 0 aliphatic carbocycles. The molecule has 0 spiro atoms. The van der Waals surface area contributed by atoms with Crippen molar-refractivity contribution < 1.29 is 9.21 Å². The number of hydrogen-bond donors (Lipinski definition) is 1. The van der Waals surface area contributed by atoms with Gasteiger partial charge in [-0.3, -0.25) is 4.79 Å². The Kier molecular flexibility index (Phi) is 4.87. The zero-order valence-corrected chi connectivity index (χ0v) is 16.3. The Balaban J connectivity index is 0.00000180. The van der Waals surface area contributed by atoms with Crippen LogP contribution in [0.15, 0.2) is 40.8 Å². The number of nitrogens with zero attached hydrogens (tertiary/aromatic N) is 1. The third-order valence-corrected chi connectivity index (χ3v) is 6.33. The summed E-state index contributed by atoms with van der Waals surface area (Å²) < 4.78 is 6.16. The number of nitrogens with one attached hydrogen (secondary N) is 1. The van der Waals surface area contributed by atoms with Gasteiger partial charge in [0.1, 0.15) is 5.58 Å². The van der Waals surface area contributed by atoms with Crippen molar-refractivity contribution in [3.8, 4) is 0 Å². The van der Waals surface area contributed by atoms with Crippen LogP contribution in [0, 0.1) is 18.8 Å². The first-order valence-corrected chi connectivity index (χ1v) is 9.63. The lowest BCUT2D eigenvalue weighted by Crippen LogP contribution is -2.32. The van der Waals surface area contributed by atoms with E-state index in [9.17, 15) is 4.79 Å². The van der Waals surface area contributed by atoms with Crippen LogP contribution in [0.4, 0.5) is 0 Å². The van der Waals surface area contributed by atoms with Gasteiger partial charge in [-0.1, -0.05) is 36.4 Å². The number of halogens is 1. The highest BCUT2D eigenvalue weighted by Crippen LogP contribution is 2.33. The number of carbonyl (C=O) groups is 1. The summed E-state index contributed by atoms with van der Waals surface area (Å²) in [5.74, 6) is 2.00.